The number of benzene rings is 2. The van der Waals surface area contributed by atoms with Gasteiger partial charge in [-0.15, -0.1) is 0 Å². The van der Waals surface area contributed by atoms with E-state index in [9.17, 15) is 13.2 Å². The number of hydrogen-bond donors (Lipinski definition) is 0. The van der Waals surface area contributed by atoms with E-state index < -0.39 is 30.4 Å². The summed E-state index contributed by atoms with van der Waals surface area (Å²) in [6.07, 6.45) is 4.35. The van der Waals surface area contributed by atoms with E-state index in [2.05, 4.69) is 86.4 Å². The standard InChI is InChI=1S/C35H46N2O6SSi/c1-26-18-21-32(44(39,40)37-23-12-17-31(37)34(38)41-5)33(36-26)43-28-20-19-27(25-28)22-24-42-45(35(2,3)4,29-13-8-6-9-14-29)30-15-10-7-11-16-30/h6-11,13-16,18,21,27-28,31H,12,17,19-20,22-25H2,1-5H3/t27-,28-,31+/m1/s1. The van der Waals surface area contributed by atoms with Crippen molar-refractivity contribution in [2.75, 3.05) is 20.3 Å². The Labute approximate surface area is 269 Å². The molecule has 1 saturated heterocycles. The van der Waals surface area contributed by atoms with E-state index in [1.807, 2.05) is 6.92 Å². The molecule has 0 radical (unpaired) electrons. The molecule has 0 N–H and O–H groups in total. The number of methoxy groups -OCH3 is 1. The Morgan fingerprint density at radius 3 is 2.20 bits per heavy atom. The molecule has 1 aromatic heterocycles. The summed E-state index contributed by atoms with van der Waals surface area (Å²) in [5, 5.41) is 2.45. The average molecular weight is 651 g/mol. The summed E-state index contributed by atoms with van der Waals surface area (Å²) in [4.78, 5) is 16.9. The second-order valence-corrected chi connectivity index (χ2v) is 19.4. The van der Waals surface area contributed by atoms with Crippen molar-refractivity contribution >= 4 is 34.7 Å². The van der Waals surface area contributed by atoms with Crippen LogP contribution in [-0.4, -0.2) is 64.4 Å². The van der Waals surface area contributed by atoms with Crippen LogP contribution in [0.3, 0.4) is 0 Å². The third-order valence-electron chi connectivity index (χ3n) is 9.26. The van der Waals surface area contributed by atoms with Gasteiger partial charge in [-0.3, -0.25) is 4.79 Å². The van der Waals surface area contributed by atoms with Crippen LogP contribution in [0.5, 0.6) is 5.88 Å². The Morgan fingerprint density at radius 1 is 0.956 bits per heavy atom. The van der Waals surface area contributed by atoms with E-state index in [-0.39, 0.29) is 28.5 Å². The minimum atomic E-state index is -4.01. The number of nitrogens with zero attached hydrogens (tertiary/aromatic N) is 2. The van der Waals surface area contributed by atoms with Gasteiger partial charge < -0.3 is 13.9 Å². The fourth-order valence-electron chi connectivity index (χ4n) is 7.02. The predicted molar refractivity (Wildman–Crippen MR) is 178 cm³/mol. The zero-order valence-electron chi connectivity index (χ0n) is 27.1. The molecular formula is C35H46N2O6SSi. The van der Waals surface area contributed by atoms with Crippen molar-refractivity contribution in [2.45, 2.75) is 88.3 Å². The van der Waals surface area contributed by atoms with Crippen molar-refractivity contribution in [3.05, 3.63) is 78.5 Å². The zero-order chi connectivity index (χ0) is 32.2. The summed E-state index contributed by atoms with van der Waals surface area (Å²) in [6.45, 7) is 9.57. The summed E-state index contributed by atoms with van der Waals surface area (Å²) in [5.74, 6) is -0.0439. The molecule has 0 unspecified atom stereocenters. The Morgan fingerprint density at radius 2 is 1.60 bits per heavy atom. The minimum absolute atomic E-state index is 0.00219. The maximum absolute atomic E-state index is 13.8. The lowest BCUT2D eigenvalue weighted by Crippen LogP contribution is -2.66. The van der Waals surface area contributed by atoms with Crippen LogP contribution in [0.4, 0.5) is 0 Å². The molecule has 3 atom stereocenters. The molecule has 242 valence electrons. The number of aromatic nitrogens is 1. The molecule has 0 bridgehead atoms. The van der Waals surface area contributed by atoms with Crippen LogP contribution in [0.15, 0.2) is 77.7 Å². The van der Waals surface area contributed by atoms with Crippen LogP contribution in [0, 0.1) is 12.8 Å². The van der Waals surface area contributed by atoms with E-state index in [4.69, 9.17) is 13.9 Å². The highest BCUT2D eigenvalue weighted by Gasteiger charge is 2.50. The normalized spacial score (nSPS) is 21.1. The first-order chi connectivity index (χ1) is 21.5. The Kier molecular flexibility index (Phi) is 10.2. The van der Waals surface area contributed by atoms with Gasteiger partial charge in [-0.05, 0) is 78.9 Å². The molecule has 2 aliphatic rings. The maximum atomic E-state index is 13.8. The number of ether oxygens (including phenoxy) is 2. The highest BCUT2D eigenvalue weighted by molar-refractivity contribution is 7.89. The number of sulfonamides is 1. The van der Waals surface area contributed by atoms with Gasteiger partial charge in [0.2, 0.25) is 15.9 Å². The van der Waals surface area contributed by atoms with Crippen LogP contribution in [-0.2, 0) is 24.0 Å². The first-order valence-electron chi connectivity index (χ1n) is 16.0. The third-order valence-corrected chi connectivity index (χ3v) is 16.2. The summed E-state index contributed by atoms with van der Waals surface area (Å²) < 4.78 is 47.1. The molecule has 2 fully saturated rings. The highest BCUT2D eigenvalue weighted by Crippen LogP contribution is 2.39. The molecule has 10 heteroatoms. The van der Waals surface area contributed by atoms with Gasteiger partial charge in [0.1, 0.15) is 17.0 Å². The fourth-order valence-corrected chi connectivity index (χ4v) is 13.3. The second kappa shape index (κ2) is 13.7. The van der Waals surface area contributed by atoms with E-state index in [0.717, 1.165) is 25.7 Å². The predicted octanol–water partition coefficient (Wildman–Crippen LogP) is 5.23. The van der Waals surface area contributed by atoms with Gasteiger partial charge in [-0.1, -0.05) is 81.4 Å². The molecule has 1 saturated carbocycles. The number of rotatable bonds is 11. The quantitative estimate of drug-likeness (QED) is 0.207. The molecule has 8 nitrogen and oxygen atoms in total. The summed E-state index contributed by atoms with van der Waals surface area (Å²) in [7, 11) is -5.34. The lowest BCUT2D eigenvalue weighted by molar-refractivity contribution is -0.144. The largest absolute Gasteiger partial charge is 0.473 e. The van der Waals surface area contributed by atoms with Gasteiger partial charge in [-0.25, -0.2) is 13.4 Å². The molecular weight excluding hydrogens is 605 g/mol. The lowest BCUT2D eigenvalue weighted by Gasteiger charge is -2.43. The fraction of sp³-hybridized carbons (Fsp3) is 0.486. The SMILES string of the molecule is COC(=O)[C@@H]1CCCN1S(=O)(=O)c1ccc(C)nc1O[C@@H]1CC[C@H](CCO[Si](c2ccccc2)(c2ccccc2)C(C)(C)C)C1. The molecule has 1 aliphatic carbocycles. The van der Waals surface area contributed by atoms with Gasteiger partial charge in [0, 0.05) is 18.8 Å². The van der Waals surface area contributed by atoms with E-state index in [1.165, 1.54) is 21.8 Å². The number of pyridine rings is 1. The number of hydrogen-bond acceptors (Lipinski definition) is 7. The van der Waals surface area contributed by atoms with E-state index in [1.54, 1.807) is 12.1 Å². The number of esters is 1. The molecule has 2 aromatic carbocycles. The second-order valence-electron chi connectivity index (χ2n) is 13.3. The van der Waals surface area contributed by atoms with E-state index >= 15 is 0 Å². The number of carbonyl (C=O) groups is 1. The average Bonchev–Trinajstić information content (AvgIpc) is 3.70. The summed E-state index contributed by atoms with van der Waals surface area (Å²) >= 11 is 0. The Hall–Kier alpha value is -3.05. The number of aryl methyl sites for hydroxylation is 1. The van der Waals surface area contributed by atoms with Crippen molar-refractivity contribution in [1.29, 1.82) is 0 Å². The molecule has 1 aliphatic heterocycles. The van der Waals surface area contributed by atoms with Crippen LogP contribution >= 0.6 is 0 Å². The van der Waals surface area contributed by atoms with Crippen LogP contribution in [0.1, 0.15) is 65.0 Å². The molecule has 5 rings (SSSR count). The Balaban J connectivity index is 1.29. The minimum Gasteiger partial charge on any atom is -0.473 e. The van der Waals surface area contributed by atoms with Gasteiger partial charge in [0.25, 0.3) is 8.32 Å². The first-order valence-corrected chi connectivity index (χ1v) is 19.3. The van der Waals surface area contributed by atoms with Crippen LogP contribution in [0.2, 0.25) is 5.04 Å². The van der Waals surface area contributed by atoms with Crippen molar-refractivity contribution < 1.29 is 27.1 Å². The van der Waals surface area contributed by atoms with E-state index in [0.29, 0.717) is 31.1 Å². The molecule has 2 heterocycles. The van der Waals surface area contributed by atoms with Gasteiger partial charge in [-0.2, -0.15) is 4.31 Å². The van der Waals surface area contributed by atoms with Crippen molar-refractivity contribution in [2.24, 2.45) is 5.92 Å². The van der Waals surface area contributed by atoms with Gasteiger partial charge in [0.05, 0.1) is 7.11 Å². The van der Waals surface area contributed by atoms with Crippen LogP contribution < -0.4 is 15.1 Å². The highest BCUT2D eigenvalue weighted by atomic mass is 32.2. The van der Waals surface area contributed by atoms with Crippen molar-refractivity contribution in [3.63, 3.8) is 0 Å². The van der Waals surface area contributed by atoms with Gasteiger partial charge >= 0.3 is 5.97 Å². The first kappa shape index (κ1) is 33.3. The smallest absolute Gasteiger partial charge is 0.324 e. The molecule has 3 aromatic rings. The third kappa shape index (κ3) is 6.89. The Bertz CT molecular complexity index is 1520. The molecule has 45 heavy (non-hydrogen) atoms. The summed E-state index contributed by atoms with van der Waals surface area (Å²) in [6, 6.07) is 23.7. The monoisotopic (exact) mass is 650 g/mol. The van der Waals surface area contributed by atoms with Crippen LogP contribution in [0.25, 0.3) is 0 Å². The molecule has 0 amide bonds. The summed E-state index contributed by atoms with van der Waals surface area (Å²) in [5.41, 5.74) is 0.670. The number of carbonyl (C=O) groups excluding carboxylic acids is 1. The zero-order valence-corrected chi connectivity index (χ0v) is 28.9. The van der Waals surface area contributed by atoms with Crippen molar-refractivity contribution in [3.8, 4) is 5.88 Å². The maximum Gasteiger partial charge on any atom is 0.324 e. The lowest BCUT2D eigenvalue weighted by atomic mass is 10.1. The van der Waals surface area contributed by atoms with Crippen molar-refractivity contribution in [1.82, 2.24) is 9.29 Å². The topological polar surface area (TPSA) is 95.0 Å². The molecule has 0 spiro atoms. The van der Waals surface area contributed by atoms with Gasteiger partial charge in [0.15, 0.2) is 0 Å².